The fraction of sp³-hybridized carbons (Fsp3) is 0.481. The Morgan fingerprint density at radius 3 is 2.39 bits per heavy atom. The zero-order valence-electron chi connectivity index (χ0n) is 20.1. The number of ether oxygens (including phenoxy) is 1. The molecule has 3 fully saturated rings. The third-order valence-corrected chi connectivity index (χ3v) is 7.31. The van der Waals surface area contributed by atoms with Gasteiger partial charge in [-0.2, -0.15) is 0 Å². The lowest BCUT2D eigenvalue weighted by molar-refractivity contribution is -0.122. The summed E-state index contributed by atoms with van der Waals surface area (Å²) >= 11 is 12.3. The highest BCUT2D eigenvalue weighted by Gasteiger charge is 2.31. The largest absolute Gasteiger partial charge is 0.483 e. The maximum Gasteiger partial charge on any atom is 0.290 e. The summed E-state index contributed by atoms with van der Waals surface area (Å²) < 4.78 is 21.1. The van der Waals surface area contributed by atoms with Gasteiger partial charge in [0.25, 0.3) is 12.4 Å². The molecule has 1 atom stereocenters. The quantitative estimate of drug-likeness (QED) is 0.501. The number of benzene rings is 2. The van der Waals surface area contributed by atoms with Gasteiger partial charge in [-0.25, -0.2) is 4.39 Å². The van der Waals surface area contributed by atoms with Crippen molar-refractivity contribution < 1.29 is 23.8 Å². The van der Waals surface area contributed by atoms with Crippen molar-refractivity contribution in [3.05, 3.63) is 68.4 Å². The minimum absolute atomic E-state index is 0.0264. The monoisotopic (exact) mass is 536 g/mol. The number of hydrogen-bond donors (Lipinski definition) is 1. The van der Waals surface area contributed by atoms with Crippen LogP contribution in [0.4, 0.5) is 4.39 Å². The molecule has 1 aliphatic carbocycles. The van der Waals surface area contributed by atoms with Gasteiger partial charge in [0.05, 0.1) is 18.3 Å². The van der Waals surface area contributed by atoms with Crippen LogP contribution in [0.5, 0.6) is 0 Å². The van der Waals surface area contributed by atoms with Crippen LogP contribution in [-0.4, -0.2) is 66.2 Å². The van der Waals surface area contributed by atoms with E-state index in [0.717, 1.165) is 75.0 Å². The summed E-state index contributed by atoms with van der Waals surface area (Å²) in [6.07, 6.45) is 4.97. The number of carbonyl (C=O) groups is 2. The second-order valence-electron chi connectivity index (χ2n) is 9.62. The summed E-state index contributed by atoms with van der Waals surface area (Å²) in [7, 11) is 0. The summed E-state index contributed by atoms with van der Waals surface area (Å²) in [6, 6.07) is 9.03. The predicted octanol–water partition coefficient (Wildman–Crippen LogP) is 5.39. The molecular weight excluding hydrogens is 506 g/mol. The summed E-state index contributed by atoms with van der Waals surface area (Å²) in [6.45, 7) is 4.05. The first-order chi connectivity index (χ1) is 17.4. The average Bonchev–Trinajstić information content (AvgIpc) is 3.51. The maximum atomic E-state index is 15.1. The molecule has 2 heterocycles. The number of carbonyl (C=O) groups excluding carboxylic acids is 1. The highest BCUT2D eigenvalue weighted by molar-refractivity contribution is 6.34. The first kappa shape index (κ1) is 26.9. The molecule has 1 unspecified atom stereocenters. The summed E-state index contributed by atoms with van der Waals surface area (Å²) in [5.74, 6) is -0.120. The van der Waals surface area contributed by atoms with Crippen LogP contribution in [0.3, 0.4) is 0 Å². The summed E-state index contributed by atoms with van der Waals surface area (Å²) in [4.78, 5) is 25.3. The van der Waals surface area contributed by atoms with Crippen molar-refractivity contribution in [1.82, 2.24) is 9.80 Å². The Labute approximate surface area is 220 Å². The number of hydrogen-bond acceptors (Lipinski definition) is 4. The highest BCUT2D eigenvalue weighted by atomic mass is 35.5. The number of halogens is 3. The molecule has 194 valence electrons. The van der Waals surface area contributed by atoms with Gasteiger partial charge in [0.2, 0.25) is 0 Å². The van der Waals surface area contributed by atoms with Crippen LogP contribution in [0.2, 0.25) is 10.0 Å². The molecule has 2 saturated heterocycles. The highest BCUT2D eigenvalue weighted by Crippen LogP contribution is 2.43. The van der Waals surface area contributed by atoms with Gasteiger partial charge in [0.15, 0.2) is 0 Å². The molecular formula is C27H31Cl2FN2O4. The number of morpholine rings is 1. The van der Waals surface area contributed by atoms with Gasteiger partial charge in [0.1, 0.15) is 5.82 Å². The number of carboxylic acid groups (broad SMARTS) is 1. The first-order valence-electron chi connectivity index (χ1n) is 12.4. The second-order valence-corrected chi connectivity index (χ2v) is 10.5. The molecule has 0 spiro atoms. The van der Waals surface area contributed by atoms with Gasteiger partial charge in [-0.15, -0.1) is 0 Å². The van der Waals surface area contributed by atoms with Crippen molar-refractivity contribution >= 4 is 35.6 Å². The van der Waals surface area contributed by atoms with Gasteiger partial charge in [-0.1, -0.05) is 23.2 Å². The van der Waals surface area contributed by atoms with Crippen LogP contribution in [0, 0.1) is 5.82 Å². The number of amides is 1. The maximum absolute atomic E-state index is 15.1. The number of nitrogens with zero attached hydrogens (tertiary/aromatic N) is 2. The molecule has 9 heteroatoms. The third-order valence-electron chi connectivity index (χ3n) is 6.87. The molecule has 3 aliphatic rings. The van der Waals surface area contributed by atoms with Crippen LogP contribution in [-0.2, 0) is 22.5 Å². The van der Waals surface area contributed by atoms with Crippen molar-refractivity contribution in [2.24, 2.45) is 0 Å². The standard InChI is InChI=1S/C26H29Cl2FN2O2.CH2O2/c27-20-9-17(10-21(28)13-20)11-22-16-30(7-8-33-22)15-19-12-25(29)24(14-23(19)18-3-4-18)26(32)31-5-1-2-6-31;2-1-3/h9-10,12-14,18,22H,1-8,11,15-16H2;1H,(H,2,3). The van der Waals surface area contributed by atoms with Gasteiger partial charge in [-0.3, -0.25) is 14.5 Å². The van der Waals surface area contributed by atoms with E-state index >= 15 is 4.39 Å². The van der Waals surface area contributed by atoms with E-state index in [2.05, 4.69) is 4.90 Å². The average molecular weight is 537 g/mol. The molecule has 1 amide bonds. The smallest absolute Gasteiger partial charge is 0.290 e. The van der Waals surface area contributed by atoms with Crippen molar-refractivity contribution in [3.8, 4) is 0 Å². The molecule has 0 radical (unpaired) electrons. The lowest BCUT2D eigenvalue weighted by Gasteiger charge is -2.33. The van der Waals surface area contributed by atoms with Gasteiger partial charge in [0, 0.05) is 42.8 Å². The van der Waals surface area contributed by atoms with Crippen LogP contribution in [0.15, 0.2) is 30.3 Å². The molecule has 2 aromatic rings. The van der Waals surface area contributed by atoms with E-state index in [9.17, 15) is 4.79 Å². The summed E-state index contributed by atoms with van der Waals surface area (Å²) in [5.41, 5.74) is 3.43. The molecule has 2 aromatic carbocycles. The van der Waals surface area contributed by atoms with Crippen LogP contribution in [0.1, 0.15) is 58.6 Å². The Hall–Kier alpha value is -2.19. The van der Waals surface area contributed by atoms with Crippen molar-refractivity contribution in [2.45, 2.75) is 50.7 Å². The molecule has 2 aliphatic heterocycles. The second kappa shape index (κ2) is 12.4. The van der Waals surface area contributed by atoms with E-state index < -0.39 is 5.82 Å². The van der Waals surface area contributed by atoms with Crippen LogP contribution in [0.25, 0.3) is 0 Å². The fourth-order valence-electron chi connectivity index (χ4n) is 5.08. The number of rotatable bonds is 6. The van der Waals surface area contributed by atoms with E-state index in [1.165, 1.54) is 0 Å². The fourth-order valence-corrected chi connectivity index (χ4v) is 5.65. The lowest BCUT2D eigenvalue weighted by atomic mass is 9.97. The Kier molecular flexibility index (Phi) is 9.23. The molecule has 5 rings (SSSR count). The van der Waals surface area contributed by atoms with Crippen molar-refractivity contribution in [1.29, 1.82) is 0 Å². The molecule has 1 saturated carbocycles. The molecule has 0 aromatic heterocycles. The Morgan fingerprint density at radius 2 is 1.75 bits per heavy atom. The van der Waals surface area contributed by atoms with Gasteiger partial charge >= 0.3 is 0 Å². The van der Waals surface area contributed by atoms with Gasteiger partial charge in [-0.05, 0) is 85.0 Å². The Balaban J connectivity index is 0.000000967. The van der Waals surface area contributed by atoms with Gasteiger partial charge < -0.3 is 14.7 Å². The van der Waals surface area contributed by atoms with E-state index in [4.69, 9.17) is 37.8 Å². The Bertz CT molecular complexity index is 1070. The van der Waals surface area contributed by atoms with E-state index in [0.29, 0.717) is 29.1 Å². The minimum Gasteiger partial charge on any atom is -0.483 e. The van der Waals surface area contributed by atoms with Crippen molar-refractivity contribution in [3.63, 3.8) is 0 Å². The molecule has 0 bridgehead atoms. The van der Waals surface area contributed by atoms with Crippen molar-refractivity contribution in [2.75, 3.05) is 32.8 Å². The van der Waals surface area contributed by atoms with E-state index in [-0.39, 0.29) is 24.0 Å². The minimum atomic E-state index is -0.398. The molecule has 36 heavy (non-hydrogen) atoms. The SMILES string of the molecule is O=C(c1cc(C2CC2)c(CN2CCOC(Cc3cc(Cl)cc(Cl)c3)C2)cc1F)N1CCCC1.O=CO. The number of likely N-dealkylation sites (tertiary alicyclic amines) is 1. The Morgan fingerprint density at radius 1 is 1.08 bits per heavy atom. The zero-order valence-corrected chi connectivity index (χ0v) is 21.6. The van der Waals surface area contributed by atoms with Crippen LogP contribution < -0.4 is 0 Å². The first-order valence-corrected chi connectivity index (χ1v) is 13.1. The zero-order chi connectivity index (χ0) is 25.7. The topological polar surface area (TPSA) is 70.1 Å². The van der Waals surface area contributed by atoms with E-state index in [1.54, 1.807) is 17.0 Å². The van der Waals surface area contributed by atoms with Crippen LogP contribution >= 0.6 is 23.2 Å². The third kappa shape index (κ3) is 6.97. The predicted molar refractivity (Wildman–Crippen MR) is 137 cm³/mol. The molecule has 1 N–H and O–H groups in total. The molecule has 6 nitrogen and oxygen atoms in total. The van der Waals surface area contributed by atoms with E-state index in [1.807, 2.05) is 18.2 Å². The summed E-state index contributed by atoms with van der Waals surface area (Å²) in [5, 5.41) is 8.14. The normalized spacial score (nSPS) is 20.1. The lowest BCUT2D eigenvalue weighted by Crippen LogP contribution is -2.43.